The second kappa shape index (κ2) is 16.5. The lowest BCUT2D eigenvalue weighted by Gasteiger charge is -2.09. The number of ether oxygens (including phenoxy) is 4. The van der Waals surface area contributed by atoms with Crippen molar-refractivity contribution < 1.29 is 33.3 Å². The molecule has 0 aromatic heterocycles. The first-order valence-electron chi connectivity index (χ1n) is 14.8. The molecule has 0 N–H and O–H groups in total. The summed E-state index contributed by atoms with van der Waals surface area (Å²) in [6, 6.07) is 25.9. The molecule has 0 aliphatic rings. The molecule has 0 saturated heterocycles. The molecule has 9 heteroatoms. The Morgan fingerprint density at radius 3 is 1.87 bits per heavy atom. The number of hydrogen-bond donors (Lipinski definition) is 0. The molecule has 0 amide bonds. The maximum Gasteiger partial charge on any atom is 0.343 e. The van der Waals surface area contributed by atoms with Gasteiger partial charge in [0.25, 0.3) is 0 Å². The first-order valence-corrected chi connectivity index (χ1v) is 14.8. The molecule has 0 heterocycles. The quantitative estimate of drug-likeness (QED) is 0.0610. The zero-order valence-corrected chi connectivity index (χ0v) is 25.7. The van der Waals surface area contributed by atoms with E-state index in [2.05, 4.69) is 29.3 Å². The molecule has 0 saturated carbocycles. The van der Waals surface area contributed by atoms with Crippen molar-refractivity contribution in [2.45, 2.75) is 46.5 Å². The molecule has 0 fully saturated rings. The standard InChI is InChI=1S/C36H36N2O7/c1-4-7-27-8-14-30(15-9-27)37-38-31-16-21-34(25(2)24-31)45-36(41)29-12-19-33(20-13-29)44-35(40)28-10-17-32(18-11-28)43-23-6-5-22-42-26(3)39/h8-21,24H,4-7,22-23H2,1-3H3/b38-37+. The minimum absolute atomic E-state index is 0.288. The molecule has 4 aromatic rings. The van der Waals surface area contributed by atoms with Gasteiger partial charge in [0.05, 0.1) is 35.7 Å². The van der Waals surface area contributed by atoms with Gasteiger partial charge in [0, 0.05) is 6.92 Å². The van der Waals surface area contributed by atoms with Crippen LogP contribution < -0.4 is 14.2 Å². The first kappa shape index (κ1) is 32.6. The Morgan fingerprint density at radius 1 is 0.667 bits per heavy atom. The number of azo groups is 1. The lowest BCUT2D eigenvalue weighted by molar-refractivity contribution is -0.141. The summed E-state index contributed by atoms with van der Waals surface area (Å²) < 4.78 is 21.6. The van der Waals surface area contributed by atoms with Gasteiger partial charge >= 0.3 is 17.9 Å². The van der Waals surface area contributed by atoms with Gasteiger partial charge in [0.2, 0.25) is 0 Å². The van der Waals surface area contributed by atoms with Crippen LogP contribution in [0.1, 0.15) is 65.0 Å². The SMILES string of the molecule is CCCc1ccc(/N=N/c2ccc(OC(=O)c3ccc(OC(=O)c4ccc(OCCCCOC(C)=O)cc4)cc3)c(C)c2)cc1. The van der Waals surface area contributed by atoms with Gasteiger partial charge in [-0.3, -0.25) is 4.79 Å². The van der Waals surface area contributed by atoms with Gasteiger partial charge in [-0.15, -0.1) is 0 Å². The number of carbonyl (C=O) groups is 3. The highest BCUT2D eigenvalue weighted by molar-refractivity contribution is 5.92. The van der Waals surface area contributed by atoms with Crippen molar-refractivity contribution in [3.05, 3.63) is 113 Å². The molecule has 9 nitrogen and oxygen atoms in total. The van der Waals surface area contributed by atoms with Crippen LogP contribution in [0.15, 0.2) is 101 Å². The second-order valence-electron chi connectivity index (χ2n) is 10.3. The molecule has 0 aliphatic carbocycles. The van der Waals surface area contributed by atoms with Gasteiger partial charge in [-0.1, -0.05) is 25.5 Å². The zero-order chi connectivity index (χ0) is 32.0. The van der Waals surface area contributed by atoms with Gasteiger partial charge in [-0.05, 0) is 116 Å². The Hall–Kier alpha value is -5.31. The molecule has 0 aliphatic heterocycles. The molecule has 0 radical (unpaired) electrons. The number of rotatable bonds is 14. The molecular weight excluding hydrogens is 572 g/mol. The molecule has 0 unspecified atom stereocenters. The summed E-state index contributed by atoms with van der Waals surface area (Å²) in [5.41, 5.74) is 4.07. The third-order valence-corrected chi connectivity index (χ3v) is 6.62. The van der Waals surface area contributed by atoms with E-state index in [-0.39, 0.29) is 11.7 Å². The fourth-order valence-electron chi connectivity index (χ4n) is 4.22. The summed E-state index contributed by atoms with van der Waals surface area (Å²) >= 11 is 0. The van der Waals surface area contributed by atoms with Gasteiger partial charge < -0.3 is 18.9 Å². The van der Waals surface area contributed by atoms with E-state index in [0.717, 1.165) is 30.5 Å². The Labute approximate surface area is 262 Å². The second-order valence-corrected chi connectivity index (χ2v) is 10.3. The summed E-state index contributed by atoms with van der Waals surface area (Å²) in [5, 5.41) is 8.60. The Kier molecular flexibility index (Phi) is 12.0. The minimum Gasteiger partial charge on any atom is -0.494 e. The summed E-state index contributed by atoms with van der Waals surface area (Å²) in [5.74, 6) is -0.0689. The van der Waals surface area contributed by atoms with E-state index in [9.17, 15) is 14.4 Å². The van der Waals surface area contributed by atoms with E-state index >= 15 is 0 Å². The molecular formula is C36H36N2O7. The van der Waals surface area contributed by atoms with Crippen molar-refractivity contribution in [2.75, 3.05) is 13.2 Å². The Balaban J connectivity index is 1.25. The zero-order valence-electron chi connectivity index (χ0n) is 25.7. The van der Waals surface area contributed by atoms with E-state index in [4.69, 9.17) is 18.9 Å². The topological polar surface area (TPSA) is 113 Å². The highest BCUT2D eigenvalue weighted by Crippen LogP contribution is 2.27. The third kappa shape index (κ3) is 10.4. The van der Waals surface area contributed by atoms with Crippen LogP contribution >= 0.6 is 0 Å². The molecule has 0 atom stereocenters. The number of esters is 3. The number of carbonyl (C=O) groups excluding carboxylic acids is 3. The van der Waals surface area contributed by atoms with Crippen molar-refractivity contribution in [3.8, 4) is 17.2 Å². The van der Waals surface area contributed by atoms with E-state index in [0.29, 0.717) is 47.9 Å². The van der Waals surface area contributed by atoms with Crippen molar-refractivity contribution in [1.29, 1.82) is 0 Å². The van der Waals surface area contributed by atoms with Gasteiger partial charge in [-0.25, -0.2) is 9.59 Å². The smallest absolute Gasteiger partial charge is 0.343 e. The molecule has 4 rings (SSSR count). The average Bonchev–Trinajstić information content (AvgIpc) is 3.04. The molecule has 232 valence electrons. The number of unbranched alkanes of at least 4 members (excludes halogenated alkanes) is 1. The van der Waals surface area contributed by atoms with Crippen molar-refractivity contribution >= 4 is 29.3 Å². The van der Waals surface area contributed by atoms with E-state index < -0.39 is 11.9 Å². The van der Waals surface area contributed by atoms with E-state index in [1.807, 2.05) is 19.1 Å². The monoisotopic (exact) mass is 608 g/mol. The van der Waals surface area contributed by atoms with Crippen LogP contribution in [-0.2, 0) is 16.0 Å². The normalized spacial score (nSPS) is 10.8. The fourth-order valence-corrected chi connectivity index (χ4v) is 4.22. The first-order chi connectivity index (χ1) is 21.8. The lowest BCUT2D eigenvalue weighted by Crippen LogP contribution is -2.10. The Morgan fingerprint density at radius 2 is 1.24 bits per heavy atom. The maximum absolute atomic E-state index is 12.8. The summed E-state index contributed by atoms with van der Waals surface area (Å²) in [7, 11) is 0. The maximum atomic E-state index is 12.8. The van der Waals surface area contributed by atoms with Crippen LogP contribution in [0.25, 0.3) is 0 Å². The largest absolute Gasteiger partial charge is 0.494 e. The highest BCUT2D eigenvalue weighted by Gasteiger charge is 2.13. The number of nitrogens with zero attached hydrogens (tertiary/aromatic N) is 2. The number of benzene rings is 4. The van der Waals surface area contributed by atoms with E-state index in [1.54, 1.807) is 42.5 Å². The number of hydrogen-bond acceptors (Lipinski definition) is 9. The van der Waals surface area contributed by atoms with E-state index in [1.165, 1.54) is 36.8 Å². The molecule has 0 bridgehead atoms. The lowest BCUT2D eigenvalue weighted by atomic mass is 10.1. The van der Waals surface area contributed by atoms with Crippen LogP contribution in [0.3, 0.4) is 0 Å². The average molecular weight is 609 g/mol. The number of aryl methyl sites for hydroxylation is 2. The molecule has 0 spiro atoms. The predicted octanol–water partition coefficient (Wildman–Crippen LogP) is 8.52. The molecule has 4 aromatic carbocycles. The van der Waals surface area contributed by atoms with Crippen molar-refractivity contribution in [2.24, 2.45) is 10.2 Å². The van der Waals surface area contributed by atoms with Gasteiger partial charge in [0.1, 0.15) is 17.2 Å². The van der Waals surface area contributed by atoms with Crippen molar-refractivity contribution in [3.63, 3.8) is 0 Å². The third-order valence-electron chi connectivity index (χ3n) is 6.62. The van der Waals surface area contributed by atoms with Gasteiger partial charge in [-0.2, -0.15) is 10.2 Å². The molecule has 45 heavy (non-hydrogen) atoms. The van der Waals surface area contributed by atoms with Gasteiger partial charge in [0.15, 0.2) is 0 Å². The van der Waals surface area contributed by atoms with Crippen molar-refractivity contribution in [1.82, 2.24) is 0 Å². The minimum atomic E-state index is -0.542. The van der Waals surface area contributed by atoms with Crippen LogP contribution in [0.4, 0.5) is 11.4 Å². The Bertz CT molecular complexity index is 1610. The summed E-state index contributed by atoms with van der Waals surface area (Å²) in [6.45, 7) is 6.18. The van der Waals surface area contributed by atoms with Crippen LogP contribution in [0.2, 0.25) is 0 Å². The fraction of sp³-hybridized carbons (Fsp3) is 0.250. The predicted molar refractivity (Wildman–Crippen MR) is 170 cm³/mol. The highest BCUT2D eigenvalue weighted by atomic mass is 16.5. The summed E-state index contributed by atoms with van der Waals surface area (Å²) in [4.78, 5) is 36.1. The summed E-state index contributed by atoms with van der Waals surface area (Å²) in [6.07, 6.45) is 3.56. The van der Waals surface area contributed by atoms with Crippen LogP contribution in [0, 0.1) is 6.92 Å². The van der Waals surface area contributed by atoms with Crippen LogP contribution in [0.5, 0.6) is 17.2 Å². The van der Waals surface area contributed by atoms with Crippen LogP contribution in [-0.4, -0.2) is 31.1 Å².